The molecule has 104 valence electrons. The van der Waals surface area contributed by atoms with Crippen LogP contribution < -0.4 is 5.32 Å². The standard InChI is InChI=1S/C15H28N2S/c1-3-7-15(8-4-1)13-17(10-9-16-15)12-14-6-2-5-11-18-14/h14,16H,1-13H2. The van der Waals surface area contributed by atoms with Crippen molar-refractivity contribution in [2.75, 3.05) is 31.9 Å². The van der Waals surface area contributed by atoms with Crippen molar-refractivity contribution in [1.82, 2.24) is 10.2 Å². The number of hydrogen-bond acceptors (Lipinski definition) is 3. The molecule has 1 saturated carbocycles. The van der Waals surface area contributed by atoms with Gasteiger partial charge in [-0.15, -0.1) is 0 Å². The van der Waals surface area contributed by atoms with Gasteiger partial charge in [0.25, 0.3) is 0 Å². The Bertz CT molecular complexity index is 252. The number of piperazine rings is 1. The van der Waals surface area contributed by atoms with Crippen molar-refractivity contribution in [1.29, 1.82) is 0 Å². The summed E-state index contributed by atoms with van der Waals surface area (Å²) >= 11 is 2.23. The van der Waals surface area contributed by atoms with E-state index in [2.05, 4.69) is 22.0 Å². The molecule has 0 radical (unpaired) electrons. The maximum atomic E-state index is 3.85. The molecule has 1 aliphatic carbocycles. The fourth-order valence-corrected chi connectivity index (χ4v) is 5.35. The first kappa shape index (κ1) is 13.3. The van der Waals surface area contributed by atoms with Gasteiger partial charge >= 0.3 is 0 Å². The Kier molecular flexibility index (Phi) is 4.53. The van der Waals surface area contributed by atoms with E-state index in [1.54, 1.807) is 0 Å². The lowest BCUT2D eigenvalue weighted by Crippen LogP contribution is -2.61. The van der Waals surface area contributed by atoms with E-state index in [4.69, 9.17) is 0 Å². The molecular weight excluding hydrogens is 240 g/mol. The smallest absolute Gasteiger partial charge is 0.0309 e. The highest BCUT2D eigenvalue weighted by molar-refractivity contribution is 7.99. The van der Waals surface area contributed by atoms with Gasteiger partial charge in [0.2, 0.25) is 0 Å². The van der Waals surface area contributed by atoms with Crippen LogP contribution in [0.3, 0.4) is 0 Å². The number of nitrogens with zero attached hydrogens (tertiary/aromatic N) is 1. The Labute approximate surface area is 116 Å². The van der Waals surface area contributed by atoms with Crippen molar-refractivity contribution in [3.05, 3.63) is 0 Å². The zero-order chi connectivity index (χ0) is 12.3. The molecule has 1 N–H and O–H groups in total. The van der Waals surface area contributed by atoms with Gasteiger partial charge in [-0.1, -0.05) is 25.7 Å². The van der Waals surface area contributed by atoms with Crippen LogP contribution in [0.1, 0.15) is 51.4 Å². The van der Waals surface area contributed by atoms with Crippen LogP contribution in [0.15, 0.2) is 0 Å². The van der Waals surface area contributed by atoms with Crippen LogP contribution in [-0.4, -0.2) is 47.6 Å². The third kappa shape index (κ3) is 3.23. The molecule has 3 aliphatic rings. The fourth-order valence-electron chi connectivity index (χ4n) is 4.00. The molecule has 1 unspecified atom stereocenters. The zero-order valence-corrected chi connectivity index (χ0v) is 12.4. The minimum atomic E-state index is 0.496. The van der Waals surface area contributed by atoms with E-state index in [1.807, 2.05) is 0 Å². The van der Waals surface area contributed by atoms with Crippen molar-refractivity contribution in [3.8, 4) is 0 Å². The highest BCUT2D eigenvalue weighted by atomic mass is 32.2. The summed E-state index contributed by atoms with van der Waals surface area (Å²) in [6.45, 7) is 5.17. The SMILES string of the molecule is C1CCC2(CC1)CN(CC1CCCCS1)CCN2. The second-order valence-corrected chi connectivity index (χ2v) is 7.90. The van der Waals surface area contributed by atoms with Crippen molar-refractivity contribution >= 4 is 11.8 Å². The van der Waals surface area contributed by atoms with Gasteiger partial charge in [-0.25, -0.2) is 0 Å². The summed E-state index contributed by atoms with van der Waals surface area (Å²) < 4.78 is 0. The van der Waals surface area contributed by atoms with Gasteiger partial charge in [0, 0.05) is 37.0 Å². The van der Waals surface area contributed by atoms with Crippen molar-refractivity contribution in [2.24, 2.45) is 0 Å². The Morgan fingerprint density at radius 1 is 1.11 bits per heavy atom. The Morgan fingerprint density at radius 3 is 2.78 bits per heavy atom. The molecule has 0 aromatic carbocycles. The number of thioether (sulfide) groups is 1. The molecule has 0 aromatic heterocycles. The lowest BCUT2D eigenvalue weighted by Gasteiger charge is -2.47. The zero-order valence-electron chi connectivity index (χ0n) is 11.6. The molecular formula is C15H28N2S. The van der Waals surface area contributed by atoms with Crippen LogP contribution in [0.25, 0.3) is 0 Å². The van der Waals surface area contributed by atoms with Crippen LogP contribution in [0.4, 0.5) is 0 Å². The molecule has 18 heavy (non-hydrogen) atoms. The molecule has 1 spiro atoms. The Morgan fingerprint density at radius 2 is 2.00 bits per heavy atom. The Hall–Kier alpha value is 0.270. The van der Waals surface area contributed by atoms with E-state index in [-0.39, 0.29) is 0 Å². The van der Waals surface area contributed by atoms with E-state index in [0.29, 0.717) is 5.54 Å². The summed E-state index contributed by atoms with van der Waals surface area (Å²) in [5, 5.41) is 4.78. The van der Waals surface area contributed by atoms with Gasteiger partial charge in [0.15, 0.2) is 0 Å². The molecule has 2 aliphatic heterocycles. The number of hydrogen-bond donors (Lipinski definition) is 1. The van der Waals surface area contributed by atoms with E-state index in [0.717, 1.165) is 5.25 Å². The molecule has 0 bridgehead atoms. The minimum Gasteiger partial charge on any atom is -0.309 e. The largest absolute Gasteiger partial charge is 0.309 e. The van der Waals surface area contributed by atoms with Crippen LogP contribution >= 0.6 is 11.8 Å². The van der Waals surface area contributed by atoms with Crippen molar-refractivity contribution in [2.45, 2.75) is 62.2 Å². The molecule has 0 aromatic rings. The lowest BCUT2D eigenvalue weighted by molar-refractivity contribution is 0.0990. The maximum Gasteiger partial charge on any atom is 0.0309 e. The summed E-state index contributed by atoms with van der Waals surface area (Å²) in [6, 6.07) is 0. The van der Waals surface area contributed by atoms with Gasteiger partial charge < -0.3 is 5.32 Å². The third-order valence-corrected chi connectivity index (χ3v) is 6.38. The summed E-state index contributed by atoms with van der Waals surface area (Å²) in [6.07, 6.45) is 11.6. The average Bonchev–Trinajstić information content (AvgIpc) is 2.41. The molecule has 3 fully saturated rings. The summed E-state index contributed by atoms with van der Waals surface area (Å²) in [5.74, 6) is 1.40. The molecule has 0 amide bonds. The molecule has 3 rings (SSSR count). The van der Waals surface area contributed by atoms with Gasteiger partial charge in [0.1, 0.15) is 0 Å². The second-order valence-electron chi connectivity index (χ2n) is 6.49. The van der Waals surface area contributed by atoms with Gasteiger partial charge in [-0.2, -0.15) is 11.8 Å². The second kappa shape index (κ2) is 6.15. The fraction of sp³-hybridized carbons (Fsp3) is 1.00. The normalized spacial score (nSPS) is 33.7. The quantitative estimate of drug-likeness (QED) is 0.829. The number of nitrogens with one attached hydrogen (secondary N) is 1. The van der Waals surface area contributed by atoms with Gasteiger partial charge in [-0.3, -0.25) is 4.90 Å². The highest BCUT2D eigenvalue weighted by Gasteiger charge is 2.36. The van der Waals surface area contributed by atoms with E-state index in [9.17, 15) is 0 Å². The third-order valence-electron chi connectivity index (χ3n) is 5.00. The lowest BCUT2D eigenvalue weighted by atomic mass is 9.80. The predicted molar refractivity (Wildman–Crippen MR) is 80.4 cm³/mol. The Balaban J connectivity index is 1.52. The highest BCUT2D eigenvalue weighted by Crippen LogP contribution is 2.32. The number of rotatable bonds is 2. The minimum absolute atomic E-state index is 0.496. The van der Waals surface area contributed by atoms with Crippen LogP contribution in [0.5, 0.6) is 0 Å². The van der Waals surface area contributed by atoms with Crippen molar-refractivity contribution < 1.29 is 0 Å². The first-order chi connectivity index (χ1) is 8.86. The molecule has 1 atom stereocenters. The molecule has 2 nitrogen and oxygen atoms in total. The van der Waals surface area contributed by atoms with Gasteiger partial charge in [-0.05, 0) is 31.4 Å². The van der Waals surface area contributed by atoms with Crippen molar-refractivity contribution in [3.63, 3.8) is 0 Å². The predicted octanol–water partition coefficient (Wildman–Crippen LogP) is 2.88. The van der Waals surface area contributed by atoms with E-state index >= 15 is 0 Å². The van der Waals surface area contributed by atoms with Crippen LogP contribution in [0.2, 0.25) is 0 Å². The first-order valence-electron chi connectivity index (χ1n) is 7.95. The average molecular weight is 268 g/mol. The van der Waals surface area contributed by atoms with E-state index < -0.39 is 0 Å². The monoisotopic (exact) mass is 268 g/mol. The van der Waals surface area contributed by atoms with Gasteiger partial charge in [0.05, 0.1) is 0 Å². The van der Waals surface area contributed by atoms with E-state index in [1.165, 1.54) is 83.3 Å². The summed E-state index contributed by atoms with van der Waals surface area (Å²) in [5.41, 5.74) is 0.496. The summed E-state index contributed by atoms with van der Waals surface area (Å²) in [4.78, 5) is 2.77. The topological polar surface area (TPSA) is 15.3 Å². The summed E-state index contributed by atoms with van der Waals surface area (Å²) in [7, 11) is 0. The maximum absolute atomic E-state index is 3.85. The van der Waals surface area contributed by atoms with Crippen LogP contribution in [0, 0.1) is 0 Å². The van der Waals surface area contributed by atoms with Crippen LogP contribution in [-0.2, 0) is 0 Å². The molecule has 2 heterocycles. The molecule has 2 saturated heterocycles. The molecule has 3 heteroatoms. The first-order valence-corrected chi connectivity index (χ1v) is 9.00.